The Bertz CT molecular complexity index is 824. The van der Waals surface area contributed by atoms with E-state index in [4.69, 9.17) is 16.0 Å². The van der Waals surface area contributed by atoms with E-state index < -0.39 is 17.4 Å². The quantitative estimate of drug-likeness (QED) is 0.646. The van der Waals surface area contributed by atoms with Gasteiger partial charge in [-0.25, -0.2) is 8.78 Å². The Morgan fingerprint density at radius 3 is 2.60 bits per heavy atom. The predicted octanol–water partition coefficient (Wildman–Crippen LogP) is 4.60. The van der Waals surface area contributed by atoms with Gasteiger partial charge in [0.25, 0.3) is 0 Å². The molecule has 3 aromatic rings. The van der Waals surface area contributed by atoms with E-state index in [2.05, 4.69) is 0 Å². The second-order valence-corrected chi connectivity index (χ2v) is 4.63. The lowest BCUT2D eigenvalue weighted by Crippen LogP contribution is -2.03. The number of hydrogen-bond donors (Lipinski definition) is 0. The summed E-state index contributed by atoms with van der Waals surface area (Å²) in [5, 5.41) is 1.00. The third-order valence-corrected chi connectivity index (χ3v) is 3.19. The molecule has 1 aromatic heterocycles. The van der Waals surface area contributed by atoms with E-state index in [1.165, 1.54) is 6.07 Å². The monoisotopic (exact) mass is 292 g/mol. The van der Waals surface area contributed by atoms with Crippen LogP contribution < -0.4 is 0 Å². The summed E-state index contributed by atoms with van der Waals surface area (Å²) in [6.45, 7) is 0. The summed E-state index contributed by atoms with van der Waals surface area (Å²) in [6.07, 6.45) is 0. The fraction of sp³-hybridized carbons (Fsp3) is 0. The van der Waals surface area contributed by atoms with Gasteiger partial charge in [-0.15, -0.1) is 0 Å². The van der Waals surface area contributed by atoms with E-state index in [1.807, 2.05) is 0 Å². The highest BCUT2D eigenvalue weighted by molar-refractivity contribution is 6.35. The van der Waals surface area contributed by atoms with Gasteiger partial charge in [-0.1, -0.05) is 23.7 Å². The number of hydrogen-bond acceptors (Lipinski definition) is 2. The molecule has 0 radical (unpaired) electrons. The molecule has 0 fully saturated rings. The molecule has 20 heavy (non-hydrogen) atoms. The van der Waals surface area contributed by atoms with Gasteiger partial charge in [0.1, 0.15) is 11.6 Å². The highest BCUT2D eigenvalue weighted by Gasteiger charge is 2.19. The topological polar surface area (TPSA) is 30.2 Å². The highest BCUT2D eigenvalue weighted by atomic mass is 35.5. The van der Waals surface area contributed by atoms with Gasteiger partial charge in [0.15, 0.2) is 11.3 Å². The molecule has 1 heterocycles. The second kappa shape index (κ2) is 4.72. The van der Waals surface area contributed by atoms with Crippen molar-refractivity contribution in [1.82, 2.24) is 0 Å². The summed E-state index contributed by atoms with van der Waals surface area (Å²) >= 11 is 5.94. The molecule has 0 aliphatic rings. The number of para-hydroxylation sites is 1. The number of fused-ring (bicyclic) bond motifs is 1. The Morgan fingerprint density at radius 1 is 1.10 bits per heavy atom. The molecule has 0 saturated heterocycles. The van der Waals surface area contributed by atoms with Gasteiger partial charge in [0.05, 0.1) is 10.6 Å². The van der Waals surface area contributed by atoms with Crippen LogP contribution in [0.4, 0.5) is 8.78 Å². The van der Waals surface area contributed by atoms with Crippen molar-refractivity contribution in [2.24, 2.45) is 0 Å². The smallest absolute Gasteiger partial charge is 0.231 e. The molecule has 0 atom stereocenters. The molecule has 0 bridgehead atoms. The van der Waals surface area contributed by atoms with Crippen LogP contribution >= 0.6 is 11.6 Å². The number of rotatable bonds is 2. The molecule has 100 valence electrons. The molecule has 2 nitrogen and oxygen atoms in total. The zero-order valence-corrected chi connectivity index (χ0v) is 10.7. The van der Waals surface area contributed by atoms with Crippen molar-refractivity contribution < 1.29 is 18.0 Å². The first-order valence-corrected chi connectivity index (χ1v) is 6.12. The van der Waals surface area contributed by atoms with Crippen LogP contribution in [-0.4, -0.2) is 5.78 Å². The third kappa shape index (κ3) is 2.08. The van der Waals surface area contributed by atoms with Gasteiger partial charge in [-0.05, 0) is 24.3 Å². The third-order valence-electron chi connectivity index (χ3n) is 2.90. The Morgan fingerprint density at radius 2 is 1.90 bits per heavy atom. The maximum Gasteiger partial charge on any atom is 0.231 e. The van der Waals surface area contributed by atoms with E-state index in [9.17, 15) is 13.6 Å². The predicted molar refractivity (Wildman–Crippen MR) is 71.0 cm³/mol. The lowest BCUT2D eigenvalue weighted by Gasteiger charge is -1.99. The van der Waals surface area contributed by atoms with Gasteiger partial charge in [0.2, 0.25) is 5.78 Å². The van der Waals surface area contributed by atoms with Crippen molar-refractivity contribution in [3.63, 3.8) is 0 Å². The van der Waals surface area contributed by atoms with Crippen LogP contribution in [-0.2, 0) is 0 Å². The summed E-state index contributed by atoms with van der Waals surface area (Å²) < 4.78 is 31.8. The van der Waals surface area contributed by atoms with Crippen molar-refractivity contribution in [3.8, 4) is 0 Å². The van der Waals surface area contributed by atoms with Crippen molar-refractivity contribution in [2.75, 3.05) is 0 Å². The van der Waals surface area contributed by atoms with Crippen LogP contribution in [0.1, 0.15) is 16.1 Å². The average molecular weight is 293 g/mol. The first-order chi connectivity index (χ1) is 9.56. The largest absolute Gasteiger partial charge is 0.451 e. The van der Waals surface area contributed by atoms with Crippen LogP contribution in [0.25, 0.3) is 11.0 Å². The highest BCUT2D eigenvalue weighted by Crippen LogP contribution is 2.28. The van der Waals surface area contributed by atoms with Crippen LogP contribution in [0.3, 0.4) is 0 Å². The Kier molecular flexibility index (Phi) is 3.03. The number of carbonyl (C=O) groups excluding carboxylic acids is 1. The van der Waals surface area contributed by atoms with Crippen LogP contribution in [0.2, 0.25) is 5.02 Å². The molecular formula is C15H7ClF2O2. The number of halogens is 3. The maximum atomic E-state index is 13.6. The van der Waals surface area contributed by atoms with Crippen molar-refractivity contribution >= 4 is 28.4 Å². The fourth-order valence-electron chi connectivity index (χ4n) is 1.95. The Balaban J connectivity index is 2.10. The molecule has 0 aliphatic carbocycles. The lowest BCUT2D eigenvalue weighted by atomic mass is 10.1. The van der Waals surface area contributed by atoms with Crippen LogP contribution in [0, 0.1) is 11.6 Å². The molecule has 0 aliphatic heterocycles. The molecule has 5 heteroatoms. The van der Waals surface area contributed by atoms with Crippen molar-refractivity contribution in [3.05, 3.63) is 70.4 Å². The Labute approximate surface area is 117 Å². The maximum absolute atomic E-state index is 13.6. The second-order valence-electron chi connectivity index (χ2n) is 4.22. The summed E-state index contributed by atoms with van der Waals surface area (Å²) in [4.78, 5) is 12.2. The zero-order valence-electron chi connectivity index (χ0n) is 9.99. The van der Waals surface area contributed by atoms with Gasteiger partial charge in [0, 0.05) is 11.5 Å². The number of ketones is 1. The molecule has 0 saturated carbocycles. The van der Waals surface area contributed by atoms with Gasteiger partial charge < -0.3 is 4.42 Å². The molecule has 2 aromatic carbocycles. The van der Waals surface area contributed by atoms with Crippen LogP contribution in [0.15, 0.2) is 46.9 Å². The average Bonchev–Trinajstić information content (AvgIpc) is 2.83. The molecule has 0 amide bonds. The first-order valence-electron chi connectivity index (χ1n) is 5.74. The SMILES string of the molecule is O=C(c1cc2cccc(Cl)c2o1)c1ccc(F)cc1F. The number of carbonyl (C=O) groups is 1. The lowest BCUT2D eigenvalue weighted by molar-refractivity contribution is 0.101. The molecule has 0 N–H and O–H groups in total. The normalized spacial score (nSPS) is 10.9. The summed E-state index contributed by atoms with van der Waals surface area (Å²) in [6, 6.07) is 9.30. The molecule has 0 unspecified atom stereocenters. The summed E-state index contributed by atoms with van der Waals surface area (Å²) in [5.41, 5.74) is 0.113. The van der Waals surface area contributed by atoms with Crippen molar-refractivity contribution in [2.45, 2.75) is 0 Å². The Hall–Kier alpha value is -2.20. The van der Waals surface area contributed by atoms with Crippen molar-refractivity contribution in [1.29, 1.82) is 0 Å². The molecule has 3 rings (SSSR count). The van der Waals surface area contributed by atoms with E-state index >= 15 is 0 Å². The summed E-state index contributed by atoms with van der Waals surface area (Å²) in [5.74, 6) is -2.37. The zero-order chi connectivity index (χ0) is 14.3. The van der Waals surface area contributed by atoms with Gasteiger partial charge in [-0.3, -0.25) is 4.79 Å². The number of benzene rings is 2. The fourth-order valence-corrected chi connectivity index (χ4v) is 2.17. The van der Waals surface area contributed by atoms with Gasteiger partial charge >= 0.3 is 0 Å². The minimum Gasteiger partial charge on any atom is -0.451 e. The van der Waals surface area contributed by atoms with Gasteiger partial charge in [-0.2, -0.15) is 0 Å². The van der Waals surface area contributed by atoms with E-state index in [1.54, 1.807) is 18.2 Å². The van der Waals surface area contributed by atoms with E-state index in [0.717, 1.165) is 12.1 Å². The van der Waals surface area contributed by atoms with E-state index in [0.29, 0.717) is 22.1 Å². The minimum absolute atomic E-state index is 0.0430. The van der Waals surface area contributed by atoms with Crippen LogP contribution in [0.5, 0.6) is 0 Å². The minimum atomic E-state index is -0.929. The summed E-state index contributed by atoms with van der Waals surface area (Å²) in [7, 11) is 0. The number of furan rings is 1. The first kappa shape index (κ1) is 12.8. The molecular weight excluding hydrogens is 286 g/mol. The van der Waals surface area contributed by atoms with E-state index in [-0.39, 0.29) is 11.3 Å². The molecule has 0 spiro atoms. The standard InChI is InChI=1S/C15H7ClF2O2/c16-11-3-1-2-8-6-13(20-15(8)11)14(19)10-5-4-9(17)7-12(10)18/h1-7H.